The lowest BCUT2D eigenvalue weighted by atomic mass is 9.94. The predicted octanol–water partition coefficient (Wildman–Crippen LogP) is 8.98. The van der Waals surface area contributed by atoms with Crippen molar-refractivity contribution in [3.8, 4) is 34.9 Å². The summed E-state index contributed by atoms with van der Waals surface area (Å²) in [4.78, 5) is 54.3. The normalized spacial score (nSPS) is 12.5. The van der Waals surface area contributed by atoms with Crippen LogP contribution in [0.1, 0.15) is 70.1 Å². The van der Waals surface area contributed by atoms with Gasteiger partial charge < -0.3 is 29.6 Å². The lowest BCUT2D eigenvalue weighted by Crippen LogP contribution is -2.37. The molecule has 1 amide bonds. The van der Waals surface area contributed by atoms with Gasteiger partial charge in [0, 0.05) is 38.9 Å². The first kappa shape index (κ1) is 46.4. The summed E-state index contributed by atoms with van der Waals surface area (Å²) in [6.45, 7) is 15.4. The molecule has 0 bridgehead atoms. The number of ether oxygens (including phenoxy) is 4. The monoisotopic (exact) mass is 930 g/mol. The Morgan fingerprint density at radius 1 is 1.02 bits per heavy atom. The number of para-hydroxylation sites is 1. The second-order valence-corrected chi connectivity index (χ2v) is 24.9. The molecule has 0 aliphatic carbocycles. The first-order valence-electron chi connectivity index (χ1n) is 21.1. The summed E-state index contributed by atoms with van der Waals surface area (Å²) in [5.41, 5.74) is 9.42. The SMILES string of the molecule is CCOC(=O)c1nc(N2CCc3cccc(C(=O)N(COCC[Si](C)(C)C)c4nc5ccccc5s4)c3C2)sc1C#CCOc1cccc(-c2nn(C(=O)OC(C)(C)C)c(N)c2C#N)c1. The summed E-state index contributed by atoms with van der Waals surface area (Å²) in [6, 6.07) is 23.4. The highest BCUT2D eigenvalue weighted by Crippen LogP contribution is 2.35. The largest absolute Gasteiger partial charge is 0.481 e. The Kier molecular flexibility index (Phi) is 14.0. The molecule has 0 atom stereocenters. The highest BCUT2D eigenvalue weighted by atomic mass is 32.1. The van der Waals surface area contributed by atoms with E-state index in [1.807, 2.05) is 48.5 Å². The van der Waals surface area contributed by atoms with E-state index in [2.05, 4.69) is 41.5 Å². The maximum absolute atomic E-state index is 14.7. The van der Waals surface area contributed by atoms with Crippen molar-refractivity contribution in [3.63, 3.8) is 0 Å². The van der Waals surface area contributed by atoms with E-state index in [1.54, 1.807) is 56.9 Å². The number of fused-ring (bicyclic) bond motifs is 2. The molecule has 7 rings (SSSR count). The minimum absolute atomic E-state index is 0.0181. The molecule has 336 valence electrons. The second kappa shape index (κ2) is 19.7. The van der Waals surface area contributed by atoms with Gasteiger partial charge in [-0.15, -0.1) is 4.68 Å². The number of thiazole rings is 2. The Balaban J connectivity index is 1.10. The summed E-state index contributed by atoms with van der Waals surface area (Å²) in [7, 11) is -1.37. The fourth-order valence-electron chi connectivity index (χ4n) is 6.82. The number of carbonyl (C=O) groups excluding carboxylic acids is 3. The van der Waals surface area contributed by atoms with Crippen molar-refractivity contribution in [1.29, 1.82) is 5.26 Å². The molecule has 0 unspecified atom stereocenters. The molecule has 6 aromatic rings. The fourth-order valence-corrected chi connectivity index (χ4v) is 9.49. The molecule has 4 heterocycles. The number of aromatic nitrogens is 4. The van der Waals surface area contributed by atoms with Crippen molar-refractivity contribution in [2.75, 3.05) is 48.6 Å². The Morgan fingerprint density at radius 2 is 1.80 bits per heavy atom. The van der Waals surface area contributed by atoms with Gasteiger partial charge in [-0.1, -0.05) is 84.6 Å². The number of anilines is 3. The number of hydrogen-bond acceptors (Lipinski definition) is 15. The molecule has 2 N–H and O–H groups in total. The van der Waals surface area contributed by atoms with E-state index >= 15 is 0 Å². The van der Waals surface area contributed by atoms with Crippen molar-refractivity contribution in [2.24, 2.45) is 0 Å². The van der Waals surface area contributed by atoms with Crippen LogP contribution in [0.5, 0.6) is 5.75 Å². The van der Waals surface area contributed by atoms with Crippen LogP contribution in [0.15, 0.2) is 66.7 Å². The zero-order valence-electron chi connectivity index (χ0n) is 37.4. The van der Waals surface area contributed by atoms with Gasteiger partial charge in [-0.05, 0) is 87.5 Å². The molecule has 1 aliphatic heterocycles. The lowest BCUT2D eigenvalue weighted by Gasteiger charge is -2.31. The Hall–Kier alpha value is -6.57. The van der Waals surface area contributed by atoms with Gasteiger partial charge in [-0.25, -0.2) is 19.6 Å². The average molecular weight is 931 g/mol. The molecule has 3 aromatic heterocycles. The summed E-state index contributed by atoms with van der Waals surface area (Å²) >= 11 is 2.72. The smallest absolute Gasteiger partial charge is 0.437 e. The van der Waals surface area contributed by atoms with Crippen molar-refractivity contribution < 1.29 is 33.3 Å². The van der Waals surface area contributed by atoms with Gasteiger partial charge >= 0.3 is 12.1 Å². The molecule has 15 nitrogen and oxygen atoms in total. The third-order valence-corrected chi connectivity index (χ3v) is 13.8. The summed E-state index contributed by atoms with van der Waals surface area (Å²) < 4.78 is 24.8. The van der Waals surface area contributed by atoms with E-state index < -0.39 is 25.7 Å². The van der Waals surface area contributed by atoms with Crippen molar-refractivity contribution in [1.82, 2.24) is 19.7 Å². The topological polar surface area (TPSA) is 188 Å². The van der Waals surface area contributed by atoms with Crippen LogP contribution in [-0.4, -0.2) is 84.5 Å². The molecular formula is C47H50N8O7S2Si. The van der Waals surface area contributed by atoms with Crippen LogP contribution in [0.3, 0.4) is 0 Å². The van der Waals surface area contributed by atoms with Crippen LogP contribution >= 0.6 is 22.7 Å². The zero-order valence-corrected chi connectivity index (χ0v) is 40.0. The van der Waals surface area contributed by atoms with Gasteiger partial charge in [0.15, 0.2) is 21.8 Å². The molecule has 0 saturated heterocycles. The Labute approximate surface area is 386 Å². The highest BCUT2D eigenvalue weighted by molar-refractivity contribution is 7.22. The first-order valence-corrected chi connectivity index (χ1v) is 26.4. The van der Waals surface area contributed by atoms with E-state index in [0.717, 1.165) is 32.1 Å². The van der Waals surface area contributed by atoms with Crippen LogP contribution < -0.4 is 20.3 Å². The minimum Gasteiger partial charge on any atom is -0.481 e. The molecular weight excluding hydrogens is 881 g/mol. The van der Waals surface area contributed by atoms with Gasteiger partial charge in [0.1, 0.15) is 46.9 Å². The van der Waals surface area contributed by atoms with Gasteiger partial charge in [0.2, 0.25) is 0 Å². The predicted molar refractivity (Wildman–Crippen MR) is 255 cm³/mol. The molecule has 0 spiro atoms. The van der Waals surface area contributed by atoms with E-state index in [1.165, 1.54) is 22.7 Å². The standard InChI is InChI=1S/C47H50N8O7S2Si/c1-8-60-43(57)40-38(20-13-23-61-32-16-11-15-31(26-32)39-34(27-48)41(49)55(52-39)46(58)62-47(2,3)4)64-44(51-40)53-22-21-30-14-12-17-33(35(30)28-53)42(56)54(29-59-24-25-65(5,6)7)45-50-36-18-9-10-19-37(36)63-45/h9-12,14-19,26H,8,21-25,28-29,49H2,1-7H3. The van der Waals surface area contributed by atoms with Crippen LogP contribution in [0.25, 0.3) is 21.5 Å². The van der Waals surface area contributed by atoms with Gasteiger partial charge in [0.25, 0.3) is 5.91 Å². The van der Waals surface area contributed by atoms with Crippen molar-refractivity contribution >= 4 is 75.0 Å². The number of nitrogen functional groups attached to an aromatic ring is 1. The highest BCUT2D eigenvalue weighted by Gasteiger charge is 2.30. The number of esters is 1. The molecule has 65 heavy (non-hydrogen) atoms. The number of hydrogen-bond donors (Lipinski definition) is 1. The van der Waals surface area contributed by atoms with E-state index in [-0.39, 0.29) is 48.6 Å². The van der Waals surface area contributed by atoms with E-state index in [9.17, 15) is 19.6 Å². The van der Waals surface area contributed by atoms with Crippen LogP contribution in [0, 0.1) is 23.2 Å². The molecule has 0 radical (unpaired) electrons. The quantitative estimate of drug-likeness (QED) is 0.0380. The molecule has 1 aliphatic rings. The molecule has 18 heteroatoms. The Bertz CT molecular complexity index is 2830. The number of nitriles is 1. The number of amides is 1. The van der Waals surface area contributed by atoms with Crippen LogP contribution in [0.4, 0.5) is 20.9 Å². The summed E-state index contributed by atoms with van der Waals surface area (Å²) in [5.74, 6) is 5.53. The summed E-state index contributed by atoms with van der Waals surface area (Å²) in [6.07, 6.45) is -0.160. The zero-order chi connectivity index (χ0) is 46.5. The fraction of sp³-hybridized carbons (Fsp3) is 0.340. The van der Waals surface area contributed by atoms with Gasteiger partial charge in [-0.2, -0.15) is 10.4 Å². The minimum atomic E-state index is -1.37. The first-order chi connectivity index (χ1) is 31.0. The number of nitrogens with two attached hydrogens (primary N) is 1. The lowest BCUT2D eigenvalue weighted by molar-refractivity contribution is 0.0509. The third-order valence-electron chi connectivity index (χ3n) is 10.1. The van der Waals surface area contributed by atoms with E-state index in [0.29, 0.717) is 58.1 Å². The summed E-state index contributed by atoms with van der Waals surface area (Å²) in [5, 5.41) is 15.3. The second-order valence-electron chi connectivity index (χ2n) is 17.3. The van der Waals surface area contributed by atoms with Crippen molar-refractivity contribution in [3.05, 3.63) is 99.6 Å². The third kappa shape index (κ3) is 11.0. The van der Waals surface area contributed by atoms with Gasteiger partial charge in [-0.3, -0.25) is 9.69 Å². The maximum Gasteiger partial charge on any atom is 0.437 e. The average Bonchev–Trinajstić information content (AvgIpc) is 3.99. The van der Waals surface area contributed by atoms with Crippen molar-refractivity contribution in [2.45, 2.75) is 71.9 Å². The molecule has 0 saturated carbocycles. The Morgan fingerprint density at radius 3 is 2.54 bits per heavy atom. The number of rotatable bonds is 13. The van der Waals surface area contributed by atoms with Crippen LogP contribution in [0.2, 0.25) is 25.7 Å². The van der Waals surface area contributed by atoms with Crippen LogP contribution in [-0.2, 0) is 27.2 Å². The van der Waals surface area contributed by atoms with E-state index in [4.69, 9.17) is 34.6 Å². The number of benzene rings is 3. The maximum atomic E-state index is 14.7. The molecule has 3 aromatic carbocycles. The molecule has 0 fully saturated rings. The number of nitrogens with zero attached hydrogens (tertiary/aromatic N) is 7. The van der Waals surface area contributed by atoms with Gasteiger partial charge in [0.05, 0.1) is 16.8 Å². The number of carbonyl (C=O) groups is 3.